The van der Waals surface area contributed by atoms with Crippen LogP contribution in [0.1, 0.15) is 5.56 Å². The second-order valence-electron chi connectivity index (χ2n) is 6.49. The predicted molar refractivity (Wildman–Crippen MR) is 103 cm³/mol. The van der Waals surface area contributed by atoms with Gasteiger partial charge in [0, 0.05) is 32.7 Å². The summed E-state index contributed by atoms with van der Waals surface area (Å²) < 4.78 is 53.9. The lowest BCUT2D eigenvalue weighted by Gasteiger charge is -2.31. The van der Waals surface area contributed by atoms with Crippen LogP contribution in [0.25, 0.3) is 0 Å². The zero-order chi connectivity index (χ0) is 19.5. The number of sulfonamides is 2. The van der Waals surface area contributed by atoms with E-state index in [1.165, 1.54) is 28.6 Å². The number of nitrogens with zero attached hydrogens (tertiary/aromatic N) is 2. The Balaban J connectivity index is 1.67. The molecule has 0 amide bonds. The summed E-state index contributed by atoms with van der Waals surface area (Å²) in [6, 6.07) is 14.4. The number of benzene rings is 2. The van der Waals surface area contributed by atoms with Gasteiger partial charge in [0.05, 0.1) is 9.79 Å². The first-order valence-corrected chi connectivity index (χ1v) is 11.5. The maximum Gasteiger partial charge on any atom is 0.243 e. The van der Waals surface area contributed by atoms with Crippen LogP contribution in [0.5, 0.6) is 0 Å². The maximum absolute atomic E-state index is 12.7. The van der Waals surface area contributed by atoms with Gasteiger partial charge in [0.25, 0.3) is 0 Å². The van der Waals surface area contributed by atoms with Gasteiger partial charge < -0.3 is 4.90 Å². The molecule has 1 aliphatic rings. The zero-order valence-electron chi connectivity index (χ0n) is 15.1. The van der Waals surface area contributed by atoms with Gasteiger partial charge in [0.15, 0.2) is 0 Å². The van der Waals surface area contributed by atoms with Crippen LogP contribution in [0, 0.1) is 0 Å². The van der Waals surface area contributed by atoms with Gasteiger partial charge in [-0.2, -0.15) is 4.31 Å². The molecule has 0 aliphatic carbocycles. The third-order valence-electron chi connectivity index (χ3n) is 4.54. The molecule has 0 aromatic heterocycles. The Labute approximate surface area is 160 Å². The minimum atomic E-state index is -3.60. The summed E-state index contributed by atoms with van der Waals surface area (Å²) in [5.41, 5.74) is 0.687. The van der Waals surface area contributed by atoms with Crippen molar-refractivity contribution in [2.75, 3.05) is 33.2 Å². The lowest BCUT2D eigenvalue weighted by atomic mass is 10.2. The molecule has 27 heavy (non-hydrogen) atoms. The predicted octanol–water partition coefficient (Wildman–Crippen LogP) is 1.10. The molecular formula is C18H23N3O4S2. The molecule has 1 saturated heterocycles. The summed E-state index contributed by atoms with van der Waals surface area (Å²) >= 11 is 0. The average molecular weight is 410 g/mol. The van der Waals surface area contributed by atoms with Crippen molar-refractivity contribution < 1.29 is 16.8 Å². The second kappa shape index (κ2) is 8.07. The molecule has 0 unspecified atom stereocenters. The summed E-state index contributed by atoms with van der Waals surface area (Å²) in [7, 11) is -5.15. The highest BCUT2D eigenvalue weighted by molar-refractivity contribution is 7.89. The van der Waals surface area contributed by atoms with Crippen molar-refractivity contribution in [3.05, 3.63) is 60.2 Å². The minimum Gasteiger partial charge on any atom is -0.304 e. The van der Waals surface area contributed by atoms with E-state index in [4.69, 9.17) is 0 Å². The van der Waals surface area contributed by atoms with Crippen LogP contribution in [-0.4, -0.2) is 59.3 Å². The van der Waals surface area contributed by atoms with Crippen molar-refractivity contribution in [2.24, 2.45) is 0 Å². The topological polar surface area (TPSA) is 86.8 Å². The summed E-state index contributed by atoms with van der Waals surface area (Å²) in [6.45, 7) is 2.44. The molecule has 2 aromatic carbocycles. The molecule has 7 nitrogen and oxygen atoms in total. The van der Waals surface area contributed by atoms with Crippen LogP contribution in [-0.2, 0) is 26.6 Å². The Kier molecular flexibility index (Phi) is 5.97. The van der Waals surface area contributed by atoms with Crippen LogP contribution < -0.4 is 4.72 Å². The number of rotatable bonds is 6. The van der Waals surface area contributed by atoms with Crippen molar-refractivity contribution in [1.82, 2.24) is 13.9 Å². The summed E-state index contributed by atoms with van der Waals surface area (Å²) in [5, 5.41) is 0. The maximum atomic E-state index is 12.7. The van der Waals surface area contributed by atoms with E-state index in [0.29, 0.717) is 31.7 Å². The van der Waals surface area contributed by atoms with E-state index in [0.717, 1.165) is 0 Å². The fourth-order valence-electron chi connectivity index (χ4n) is 2.82. The Morgan fingerprint density at radius 3 is 2.00 bits per heavy atom. The molecule has 0 saturated carbocycles. The molecule has 146 valence electrons. The highest BCUT2D eigenvalue weighted by Gasteiger charge is 2.27. The third kappa shape index (κ3) is 4.74. The van der Waals surface area contributed by atoms with Crippen LogP contribution in [0.4, 0.5) is 0 Å². The molecule has 1 aliphatic heterocycles. The Hall–Kier alpha value is -1.78. The molecule has 0 radical (unpaired) electrons. The largest absolute Gasteiger partial charge is 0.304 e. The van der Waals surface area contributed by atoms with Gasteiger partial charge in [0.1, 0.15) is 0 Å². The number of hydrogen-bond donors (Lipinski definition) is 1. The Bertz CT molecular complexity index is 967. The molecule has 0 bridgehead atoms. The van der Waals surface area contributed by atoms with Crippen LogP contribution >= 0.6 is 0 Å². The first-order valence-electron chi connectivity index (χ1n) is 8.61. The van der Waals surface area contributed by atoms with E-state index >= 15 is 0 Å². The quantitative estimate of drug-likeness (QED) is 0.772. The van der Waals surface area contributed by atoms with E-state index < -0.39 is 20.0 Å². The van der Waals surface area contributed by atoms with E-state index in [1.807, 2.05) is 7.05 Å². The zero-order valence-corrected chi connectivity index (χ0v) is 16.7. The van der Waals surface area contributed by atoms with Crippen molar-refractivity contribution in [1.29, 1.82) is 0 Å². The molecular weight excluding hydrogens is 386 g/mol. The highest BCUT2D eigenvalue weighted by Crippen LogP contribution is 2.18. The minimum absolute atomic E-state index is 0.0893. The fourth-order valence-corrected chi connectivity index (χ4v) is 5.28. The summed E-state index contributed by atoms with van der Waals surface area (Å²) in [5.74, 6) is 0. The van der Waals surface area contributed by atoms with Crippen LogP contribution in [0.15, 0.2) is 64.4 Å². The Morgan fingerprint density at radius 1 is 0.815 bits per heavy atom. The fraction of sp³-hybridized carbons (Fsp3) is 0.333. The molecule has 2 aromatic rings. The molecule has 0 atom stereocenters. The van der Waals surface area contributed by atoms with Gasteiger partial charge in [-0.25, -0.2) is 21.6 Å². The van der Waals surface area contributed by atoms with Gasteiger partial charge in [-0.15, -0.1) is 0 Å². The molecule has 9 heteroatoms. The van der Waals surface area contributed by atoms with Gasteiger partial charge in [-0.1, -0.05) is 30.3 Å². The van der Waals surface area contributed by atoms with Crippen molar-refractivity contribution in [2.45, 2.75) is 16.3 Å². The monoisotopic (exact) mass is 409 g/mol. The van der Waals surface area contributed by atoms with E-state index in [-0.39, 0.29) is 16.3 Å². The van der Waals surface area contributed by atoms with Gasteiger partial charge in [0.2, 0.25) is 20.0 Å². The van der Waals surface area contributed by atoms with Crippen molar-refractivity contribution in [3.8, 4) is 0 Å². The van der Waals surface area contributed by atoms with E-state index in [2.05, 4.69) is 9.62 Å². The van der Waals surface area contributed by atoms with Gasteiger partial charge in [-0.3, -0.25) is 0 Å². The first kappa shape index (κ1) is 20.0. The SMILES string of the molecule is CN1CCN(S(=O)(=O)c2ccc(CNS(=O)(=O)c3ccccc3)cc2)CC1. The van der Waals surface area contributed by atoms with Gasteiger partial charge in [-0.05, 0) is 36.9 Å². The number of hydrogen-bond acceptors (Lipinski definition) is 5. The molecule has 0 spiro atoms. The number of nitrogens with one attached hydrogen (secondary N) is 1. The van der Waals surface area contributed by atoms with Crippen LogP contribution in [0.2, 0.25) is 0 Å². The third-order valence-corrected chi connectivity index (χ3v) is 7.87. The first-order chi connectivity index (χ1) is 12.8. The summed E-state index contributed by atoms with van der Waals surface area (Å²) in [6.07, 6.45) is 0. The smallest absolute Gasteiger partial charge is 0.243 e. The molecule has 1 N–H and O–H groups in total. The normalized spacial score (nSPS) is 17.1. The number of piperazine rings is 1. The van der Waals surface area contributed by atoms with Crippen LogP contribution in [0.3, 0.4) is 0 Å². The second-order valence-corrected chi connectivity index (χ2v) is 10.2. The lowest BCUT2D eigenvalue weighted by molar-refractivity contribution is 0.222. The Morgan fingerprint density at radius 2 is 1.41 bits per heavy atom. The van der Waals surface area contributed by atoms with E-state index in [9.17, 15) is 16.8 Å². The van der Waals surface area contributed by atoms with Gasteiger partial charge >= 0.3 is 0 Å². The highest BCUT2D eigenvalue weighted by atomic mass is 32.2. The molecule has 1 heterocycles. The lowest BCUT2D eigenvalue weighted by Crippen LogP contribution is -2.47. The molecule has 1 fully saturated rings. The van der Waals surface area contributed by atoms with Crippen molar-refractivity contribution in [3.63, 3.8) is 0 Å². The standard InChI is InChI=1S/C18H23N3O4S2/c1-20-11-13-21(14-12-20)27(24,25)18-9-7-16(8-10-18)15-19-26(22,23)17-5-3-2-4-6-17/h2-10,19H,11-15H2,1H3. The molecule has 3 rings (SSSR count). The van der Waals surface area contributed by atoms with E-state index in [1.54, 1.807) is 30.3 Å². The summed E-state index contributed by atoms with van der Waals surface area (Å²) in [4.78, 5) is 2.51. The number of likely N-dealkylation sites (N-methyl/N-ethyl adjacent to an activating group) is 1. The van der Waals surface area contributed by atoms with Crippen molar-refractivity contribution >= 4 is 20.0 Å². The average Bonchev–Trinajstić information content (AvgIpc) is 2.68.